The number of rotatable bonds is 8. The first-order valence-corrected chi connectivity index (χ1v) is 6.11. The van der Waals surface area contributed by atoms with Crippen molar-refractivity contribution in [2.45, 2.75) is 46.1 Å². The Hall–Kier alpha value is -0.770. The summed E-state index contributed by atoms with van der Waals surface area (Å²) in [5.74, 6) is 1.30. The van der Waals surface area contributed by atoms with Gasteiger partial charge in [-0.05, 0) is 19.3 Å². The first kappa shape index (κ1) is 15.2. The first-order valence-electron chi connectivity index (χ1n) is 6.11. The predicted octanol–water partition coefficient (Wildman–Crippen LogP) is 1.75. The van der Waals surface area contributed by atoms with Gasteiger partial charge in [-0.25, -0.2) is 0 Å². The van der Waals surface area contributed by atoms with Crippen LogP contribution < -0.4 is 11.1 Å². The van der Waals surface area contributed by atoms with E-state index in [-0.39, 0.29) is 0 Å². The van der Waals surface area contributed by atoms with Gasteiger partial charge in [-0.3, -0.25) is 4.99 Å². The minimum atomic E-state index is 0.394. The Bertz CT molecular complexity index is 193. The monoisotopic (exact) mass is 229 g/mol. The number of hydrogen-bond acceptors (Lipinski definition) is 2. The highest BCUT2D eigenvalue weighted by Gasteiger charge is 2.03. The molecular formula is C12H27N3O. The maximum absolute atomic E-state index is 5.73. The molecule has 0 spiro atoms. The van der Waals surface area contributed by atoms with E-state index in [1.54, 1.807) is 7.11 Å². The number of nitrogens with one attached hydrogen (secondary N) is 1. The molecule has 3 N–H and O–H groups in total. The molecule has 1 atom stereocenters. The number of guanidine groups is 1. The average molecular weight is 229 g/mol. The van der Waals surface area contributed by atoms with Gasteiger partial charge in [-0.2, -0.15) is 0 Å². The van der Waals surface area contributed by atoms with Crippen molar-refractivity contribution in [1.82, 2.24) is 5.32 Å². The van der Waals surface area contributed by atoms with Gasteiger partial charge in [-0.15, -0.1) is 0 Å². The van der Waals surface area contributed by atoms with Crippen molar-refractivity contribution in [3.63, 3.8) is 0 Å². The standard InChI is InChI=1S/C12H27N3O/c1-10(2)6-5-7-11(3)15-12(13)14-8-9-16-4/h10-11H,5-9H2,1-4H3,(H3,13,14,15). The maximum Gasteiger partial charge on any atom is 0.188 e. The fraction of sp³-hybridized carbons (Fsp3) is 0.917. The van der Waals surface area contributed by atoms with E-state index in [1.807, 2.05) is 0 Å². The predicted molar refractivity (Wildman–Crippen MR) is 69.7 cm³/mol. The molecule has 0 saturated carbocycles. The molecule has 4 heteroatoms. The van der Waals surface area contributed by atoms with Crippen LogP contribution in [0.4, 0.5) is 0 Å². The quantitative estimate of drug-likeness (QED) is 0.379. The van der Waals surface area contributed by atoms with Gasteiger partial charge in [0.25, 0.3) is 0 Å². The van der Waals surface area contributed by atoms with E-state index in [2.05, 4.69) is 31.1 Å². The van der Waals surface area contributed by atoms with Crippen LogP contribution in [-0.2, 0) is 4.74 Å². The van der Waals surface area contributed by atoms with E-state index in [1.165, 1.54) is 12.8 Å². The van der Waals surface area contributed by atoms with Crippen LogP contribution in [0.1, 0.15) is 40.0 Å². The highest BCUT2D eigenvalue weighted by molar-refractivity contribution is 5.78. The summed E-state index contributed by atoms with van der Waals surface area (Å²) in [4.78, 5) is 4.16. The minimum Gasteiger partial charge on any atom is -0.383 e. The van der Waals surface area contributed by atoms with Crippen LogP contribution in [0.25, 0.3) is 0 Å². The Labute approximate surface area is 99.7 Å². The maximum atomic E-state index is 5.73. The zero-order chi connectivity index (χ0) is 12.4. The zero-order valence-corrected chi connectivity index (χ0v) is 11.1. The molecule has 0 aromatic carbocycles. The molecule has 0 aliphatic rings. The van der Waals surface area contributed by atoms with E-state index < -0.39 is 0 Å². The van der Waals surface area contributed by atoms with E-state index in [0.29, 0.717) is 25.2 Å². The fourth-order valence-corrected chi connectivity index (χ4v) is 1.46. The number of nitrogens with zero attached hydrogens (tertiary/aromatic N) is 1. The Kier molecular flexibility index (Phi) is 9.00. The van der Waals surface area contributed by atoms with E-state index in [0.717, 1.165) is 12.3 Å². The van der Waals surface area contributed by atoms with Crippen molar-refractivity contribution < 1.29 is 4.74 Å². The van der Waals surface area contributed by atoms with Crippen molar-refractivity contribution >= 4 is 5.96 Å². The Morgan fingerprint density at radius 1 is 1.31 bits per heavy atom. The number of aliphatic imine (C=N–C) groups is 1. The molecule has 0 saturated heterocycles. The third kappa shape index (κ3) is 9.77. The summed E-state index contributed by atoms with van der Waals surface area (Å²) in [5.41, 5.74) is 5.73. The molecule has 0 amide bonds. The molecule has 16 heavy (non-hydrogen) atoms. The molecule has 1 unspecified atom stereocenters. The van der Waals surface area contributed by atoms with Gasteiger partial charge in [0.05, 0.1) is 13.2 Å². The molecule has 0 aromatic rings. The topological polar surface area (TPSA) is 59.6 Å². The van der Waals surface area contributed by atoms with Gasteiger partial charge >= 0.3 is 0 Å². The summed E-state index contributed by atoms with van der Waals surface area (Å²) < 4.78 is 4.90. The molecule has 0 aromatic heterocycles. The number of ether oxygens (including phenoxy) is 1. The summed E-state index contributed by atoms with van der Waals surface area (Å²) in [6.07, 6.45) is 3.64. The number of hydrogen-bond donors (Lipinski definition) is 2. The molecule has 0 aliphatic carbocycles. The lowest BCUT2D eigenvalue weighted by Gasteiger charge is -2.14. The molecule has 0 radical (unpaired) electrons. The Balaban J connectivity index is 3.60. The molecule has 0 fully saturated rings. The van der Waals surface area contributed by atoms with Crippen molar-refractivity contribution in [3.05, 3.63) is 0 Å². The first-order chi connectivity index (χ1) is 7.56. The molecule has 0 aliphatic heterocycles. The average Bonchev–Trinajstić information content (AvgIpc) is 2.17. The lowest BCUT2D eigenvalue weighted by molar-refractivity contribution is 0.208. The summed E-state index contributed by atoms with van der Waals surface area (Å²) in [5, 5.41) is 3.18. The normalized spacial score (nSPS) is 14.2. The summed E-state index contributed by atoms with van der Waals surface area (Å²) >= 11 is 0. The molecule has 0 heterocycles. The van der Waals surface area contributed by atoms with Gasteiger partial charge in [0.1, 0.15) is 0 Å². The highest BCUT2D eigenvalue weighted by Crippen LogP contribution is 2.07. The second-order valence-corrected chi connectivity index (χ2v) is 4.63. The van der Waals surface area contributed by atoms with E-state index in [4.69, 9.17) is 10.5 Å². The SMILES string of the molecule is COCCN=C(N)NC(C)CCCC(C)C. The van der Waals surface area contributed by atoms with Crippen LogP contribution in [-0.4, -0.2) is 32.3 Å². The highest BCUT2D eigenvalue weighted by atomic mass is 16.5. The van der Waals surface area contributed by atoms with Crippen molar-refractivity contribution in [3.8, 4) is 0 Å². The second kappa shape index (κ2) is 9.46. The molecular weight excluding hydrogens is 202 g/mol. The molecule has 0 bridgehead atoms. The molecule has 0 rings (SSSR count). The summed E-state index contributed by atoms with van der Waals surface area (Å²) in [6, 6.07) is 0.394. The van der Waals surface area contributed by atoms with Gasteiger partial charge in [0.2, 0.25) is 0 Å². The number of nitrogens with two attached hydrogens (primary N) is 1. The number of methoxy groups -OCH3 is 1. The summed E-state index contributed by atoms with van der Waals surface area (Å²) in [7, 11) is 1.66. The van der Waals surface area contributed by atoms with Gasteiger partial charge in [-0.1, -0.05) is 26.7 Å². The largest absolute Gasteiger partial charge is 0.383 e. The van der Waals surface area contributed by atoms with Gasteiger partial charge in [0, 0.05) is 13.2 Å². The molecule has 96 valence electrons. The van der Waals surface area contributed by atoms with E-state index >= 15 is 0 Å². The lowest BCUT2D eigenvalue weighted by Crippen LogP contribution is -2.38. The third-order valence-corrected chi connectivity index (χ3v) is 2.39. The Morgan fingerprint density at radius 3 is 2.56 bits per heavy atom. The fourth-order valence-electron chi connectivity index (χ4n) is 1.46. The van der Waals surface area contributed by atoms with Crippen LogP contribution in [0.15, 0.2) is 4.99 Å². The van der Waals surface area contributed by atoms with E-state index in [9.17, 15) is 0 Å². The lowest BCUT2D eigenvalue weighted by atomic mass is 10.0. The van der Waals surface area contributed by atoms with Gasteiger partial charge < -0.3 is 15.8 Å². The van der Waals surface area contributed by atoms with Crippen LogP contribution in [0, 0.1) is 5.92 Å². The van der Waals surface area contributed by atoms with Crippen molar-refractivity contribution in [1.29, 1.82) is 0 Å². The minimum absolute atomic E-state index is 0.394. The smallest absolute Gasteiger partial charge is 0.188 e. The van der Waals surface area contributed by atoms with Crippen molar-refractivity contribution in [2.24, 2.45) is 16.6 Å². The third-order valence-electron chi connectivity index (χ3n) is 2.39. The molecule has 4 nitrogen and oxygen atoms in total. The zero-order valence-electron chi connectivity index (χ0n) is 11.1. The van der Waals surface area contributed by atoms with Gasteiger partial charge in [0.15, 0.2) is 5.96 Å². The second-order valence-electron chi connectivity index (χ2n) is 4.63. The van der Waals surface area contributed by atoms with Crippen LogP contribution in [0.5, 0.6) is 0 Å². The van der Waals surface area contributed by atoms with Crippen LogP contribution in [0.2, 0.25) is 0 Å². The van der Waals surface area contributed by atoms with Crippen LogP contribution in [0.3, 0.4) is 0 Å². The van der Waals surface area contributed by atoms with Crippen molar-refractivity contribution in [2.75, 3.05) is 20.3 Å². The summed E-state index contributed by atoms with van der Waals surface area (Å²) in [6.45, 7) is 7.87. The Morgan fingerprint density at radius 2 is 2.00 bits per heavy atom. The van der Waals surface area contributed by atoms with Crippen LogP contribution >= 0.6 is 0 Å².